The predicted octanol–water partition coefficient (Wildman–Crippen LogP) is 2.24. The number of carboxylic acid groups (broad SMARTS) is 1. The first-order valence-electron chi connectivity index (χ1n) is 5.86. The van der Waals surface area contributed by atoms with Crippen molar-refractivity contribution in [3.8, 4) is 6.07 Å². The summed E-state index contributed by atoms with van der Waals surface area (Å²) in [6, 6.07) is 1.55. The average Bonchev–Trinajstić information content (AvgIpc) is 2.27. The normalized spacial score (nSPS) is 13.1. The predicted molar refractivity (Wildman–Crippen MR) is 70.8 cm³/mol. The van der Waals surface area contributed by atoms with Gasteiger partial charge in [0.1, 0.15) is 6.04 Å². The Hall–Kier alpha value is -0.730. The number of unbranched alkanes of at least 4 members (excludes halogenated alkanes) is 1. The van der Waals surface area contributed by atoms with E-state index in [1.807, 2.05) is 13.8 Å². The highest BCUT2D eigenvalue weighted by Gasteiger charge is 2.15. The number of rotatable bonds is 9. The van der Waals surface area contributed by atoms with Gasteiger partial charge < -0.3 is 10.8 Å². The number of nitrogens with zero attached hydrogens (tertiary/aromatic N) is 1. The summed E-state index contributed by atoms with van der Waals surface area (Å²) in [5.74, 6) is 0.865. The van der Waals surface area contributed by atoms with Crippen molar-refractivity contribution in [2.24, 2.45) is 11.1 Å². The average molecular weight is 258 g/mol. The first-order chi connectivity index (χ1) is 7.89. The molecule has 0 heterocycles. The maximum absolute atomic E-state index is 10.4. The Morgan fingerprint density at radius 3 is 2.65 bits per heavy atom. The Morgan fingerprint density at radius 1 is 1.47 bits per heavy atom. The summed E-state index contributed by atoms with van der Waals surface area (Å²) in [5.41, 5.74) is 5.16. The smallest absolute Gasteiger partial charge is 0.320 e. The van der Waals surface area contributed by atoms with Gasteiger partial charge in [0.2, 0.25) is 0 Å². The van der Waals surface area contributed by atoms with Gasteiger partial charge in [0.15, 0.2) is 0 Å². The van der Waals surface area contributed by atoms with Crippen LogP contribution in [0, 0.1) is 16.7 Å². The highest BCUT2D eigenvalue weighted by Crippen LogP contribution is 2.22. The van der Waals surface area contributed by atoms with Gasteiger partial charge in [-0.3, -0.25) is 4.79 Å². The van der Waals surface area contributed by atoms with Crippen molar-refractivity contribution < 1.29 is 9.90 Å². The maximum atomic E-state index is 10.4. The van der Waals surface area contributed by atoms with Crippen LogP contribution in [0.15, 0.2) is 0 Å². The number of nitrogens with two attached hydrogens (primary N) is 1. The van der Waals surface area contributed by atoms with Crippen molar-refractivity contribution in [3.63, 3.8) is 0 Å². The SMILES string of the molecule is CC(C)(C#N)CCCCSCCC(N)C(=O)O. The van der Waals surface area contributed by atoms with Crippen LogP contribution in [0.4, 0.5) is 0 Å². The van der Waals surface area contributed by atoms with Crippen LogP contribution in [-0.4, -0.2) is 28.6 Å². The molecule has 0 saturated heterocycles. The lowest BCUT2D eigenvalue weighted by Gasteiger charge is -2.14. The van der Waals surface area contributed by atoms with E-state index in [2.05, 4.69) is 6.07 Å². The summed E-state index contributed by atoms with van der Waals surface area (Å²) in [6.07, 6.45) is 3.54. The van der Waals surface area contributed by atoms with Crippen LogP contribution in [0.2, 0.25) is 0 Å². The van der Waals surface area contributed by atoms with Crippen molar-refractivity contribution in [2.75, 3.05) is 11.5 Å². The van der Waals surface area contributed by atoms with Gasteiger partial charge in [-0.05, 0) is 44.6 Å². The molecule has 17 heavy (non-hydrogen) atoms. The molecule has 0 aliphatic carbocycles. The number of aliphatic carboxylic acids is 1. The number of nitriles is 1. The van der Waals surface area contributed by atoms with Gasteiger partial charge in [-0.2, -0.15) is 17.0 Å². The van der Waals surface area contributed by atoms with Crippen LogP contribution in [0.1, 0.15) is 39.5 Å². The van der Waals surface area contributed by atoms with E-state index in [1.165, 1.54) is 0 Å². The zero-order chi connectivity index (χ0) is 13.3. The van der Waals surface area contributed by atoms with Gasteiger partial charge in [0.05, 0.1) is 11.5 Å². The van der Waals surface area contributed by atoms with Crippen molar-refractivity contribution in [1.82, 2.24) is 0 Å². The monoisotopic (exact) mass is 258 g/mol. The molecule has 0 rings (SSSR count). The lowest BCUT2D eigenvalue weighted by Crippen LogP contribution is -2.30. The fraction of sp³-hybridized carbons (Fsp3) is 0.833. The number of hydrogen-bond acceptors (Lipinski definition) is 4. The molecule has 5 heteroatoms. The molecule has 0 bridgehead atoms. The van der Waals surface area contributed by atoms with Gasteiger partial charge >= 0.3 is 5.97 Å². The summed E-state index contributed by atoms with van der Waals surface area (Å²) in [7, 11) is 0. The third-order valence-electron chi connectivity index (χ3n) is 2.53. The van der Waals surface area contributed by atoms with Gasteiger partial charge in [-0.25, -0.2) is 0 Å². The highest BCUT2D eigenvalue weighted by molar-refractivity contribution is 7.99. The molecule has 0 aliphatic heterocycles. The fourth-order valence-corrected chi connectivity index (χ4v) is 2.30. The molecule has 4 nitrogen and oxygen atoms in total. The molecule has 0 aromatic rings. The molecule has 0 aliphatic rings. The molecule has 0 amide bonds. The lowest BCUT2D eigenvalue weighted by atomic mass is 9.89. The van der Waals surface area contributed by atoms with Crippen LogP contribution in [0.25, 0.3) is 0 Å². The molecule has 0 aromatic carbocycles. The summed E-state index contributed by atoms with van der Waals surface area (Å²) in [6.45, 7) is 3.90. The van der Waals surface area contributed by atoms with E-state index in [0.717, 1.165) is 30.8 Å². The largest absolute Gasteiger partial charge is 0.480 e. The van der Waals surface area contributed by atoms with Crippen LogP contribution in [-0.2, 0) is 4.79 Å². The van der Waals surface area contributed by atoms with Crippen molar-refractivity contribution in [3.05, 3.63) is 0 Å². The Kier molecular flexibility index (Phi) is 8.01. The Morgan fingerprint density at radius 2 is 2.12 bits per heavy atom. The molecule has 3 N–H and O–H groups in total. The second kappa shape index (κ2) is 8.37. The molecule has 0 fully saturated rings. The summed E-state index contributed by atoms with van der Waals surface area (Å²) >= 11 is 1.73. The van der Waals surface area contributed by atoms with E-state index >= 15 is 0 Å². The van der Waals surface area contributed by atoms with E-state index in [9.17, 15) is 4.79 Å². The Labute approximate surface area is 108 Å². The molecule has 0 saturated carbocycles. The van der Waals surface area contributed by atoms with Crippen LogP contribution < -0.4 is 5.73 Å². The molecule has 0 radical (unpaired) electrons. The summed E-state index contributed by atoms with van der Waals surface area (Å²) in [5, 5.41) is 17.4. The van der Waals surface area contributed by atoms with Crippen molar-refractivity contribution in [2.45, 2.75) is 45.6 Å². The number of carboxylic acids is 1. The molecule has 1 unspecified atom stereocenters. The number of thioether (sulfide) groups is 1. The Bertz CT molecular complexity index is 274. The van der Waals surface area contributed by atoms with Gasteiger partial charge in [-0.1, -0.05) is 6.42 Å². The van der Waals surface area contributed by atoms with Gasteiger partial charge in [0, 0.05) is 0 Å². The highest BCUT2D eigenvalue weighted by atomic mass is 32.2. The molecule has 0 spiro atoms. The summed E-state index contributed by atoms with van der Waals surface area (Å²) < 4.78 is 0. The van der Waals surface area contributed by atoms with E-state index < -0.39 is 12.0 Å². The zero-order valence-corrected chi connectivity index (χ0v) is 11.4. The quantitative estimate of drug-likeness (QED) is 0.619. The minimum absolute atomic E-state index is 0.226. The van der Waals surface area contributed by atoms with E-state index in [0.29, 0.717) is 6.42 Å². The number of hydrogen-bond donors (Lipinski definition) is 2. The standard InChI is InChI=1S/C12H22N2O2S/c1-12(2,9-13)6-3-4-7-17-8-5-10(14)11(15)16/h10H,3-8,14H2,1-2H3,(H,15,16). The molecular weight excluding hydrogens is 236 g/mol. The minimum atomic E-state index is -0.929. The summed E-state index contributed by atoms with van der Waals surface area (Å²) in [4.78, 5) is 10.4. The second-order valence-electron chi connectivity index (χ2n) is 4.80. The molecular formula is C12H22N2O2S. The van der Waals surface area contributed by atoms with Crippen molar-refractivity contribution >= 4 is 17.7 Å². The molecule has 98 valence electrons. The maximum Gasteiger partial charge on any atom is 0.320 e. The van der Waals surface area contributed by atoms with E-state index in [1.54, 1.807) is 11.8 Å². The first-order valence-corrected chi connectivity index (χ1v) is 7.02. The van der Waals surface area contributed by atoms with Gasteiger partial charge in [0.25, 0.3) is 0 Å². The minimum Gasteiger partial charge on any atom is -0.480 e. The third kappa shape index (κ3) is 9.02. The zero-order valence-electron chi connectivity index (χ0n) is 10.6. The first kappa shape index (κ1) is 16.3. The van der Waals surface area contributed by atoms with Gasteiger partial charge in [-0.15, -0.1) is 0 Å². The van der Waals surface area contributed by atoms with E-state index in [4.69, 9.17) is 16.1 Å². The van der Waals surface area contributed by atoms with Crippen LogP contribution >= 0.6 is 11.8 Å². The number of carbonyl (C=O) groups is 1. The second-order valence-corrected chi connectivity index (χ2v) is 6.02. The van der Waals surface area contributed by atoms with Crippen molar-refractivity contribution in [1.29, 1.82) is 5.26 Å². The molecule has 0 aromatic heterocycles. The lowest BCUT2D eigenvalue weighted by molar-refractivity contribution is -0.138. The fourth-order valence-electron chi connectivity index (χ4n) is 1.26. The Balaban J connectivity index is 3.37. The molecule has 1 atom stereocenters. The third-order valence-corrected chi connectivity index (χ3v) is 3.64. The van der Waals surface area contributed by atoms with E-state index in [-0.39, 0.29) is 5.41 Å². The van der Waals surface area contributed by atoms with Crippen LogP contribution in [0.3, 0.4) is 0 Å². The topological polar surface area (TPSA) is 87.1 Å². The van der Waals surface area contributed by atoms with Crippen LogP contribution in [0.5, 0.6) is 0 Å².